The molecule has 2 fully saturated rings. The monoisotopic (exact) mass is 453 g/mol. The van der Waals surface area contributed by atoms with Gasteiger partial charge in [-0.15, -0.1) is 0 Å². The van der Waals surface area contributed by atoms with E-state index in [9.17, 15) is 9.90 Å². The second-order valence-corrected chi connectivity index (χ2v) is 9.58. The Bertz CT molecular complexity index is 1430. The van der Waals surface area contributed by atoms with E-state index in [2.05, 4.69) is 53.4 Å². The second kappa shape index (κ2) is 7.90. The van der Waals surface area contributed by atoms with Crippen LogP contribution in [0.3, 0.4) is 0 Å². The number of fused-ring (bicyclic) bond motifs is 1. The summed E-state index contributed by atoms with van der Waals surface area (Å²) >= 11 is 0. The summed E-state index contributed by atoms with van der Waals surface area (Å²) in [4.78, 5) is 13.8. The molecule has 1 saturated carbocycles. The first kappa shape index (κ1) is 20.8. The number of aromatic nitrogens is 2. The van der Waals surface area contributed by atoms with Gasteiger partial charge in [0, 0.05) is 60.4 Å². The van der Waals surface area contributed by atoms with Crippen molar-refractivity contribution in [3.8, 4) is 11.3 Å². The Morgan fingerprint density at radius 3 is 2.71 bits per heavy atom. The lowest BCUT2D eigenvalue weighted by molar-refractivity contribution is 0.0699. The molecule has 1 aliphatic heterocycles. The minimum atomic E-state index is -0.892. The third-order valence-corrected chi connectivity index (χ3v) is 7.12. The Morgan fingerprint density at radius 1 is 1.18 bits per heavy atom. The van der Waals surface area contributed by atoms with Crippen LogP contribution in [0.1, 0.15) is 46.0 Å². The van der Waals surface area contributed by atoms with Gasteiger partial charge >= 0.3 is 5.97 Å². The number of anilines is 1. The van der Waals surface area contributed by atoms with Crippen LogP contribution in [0, 0.1) is 12.8 Å². The molecule has 2 aromatic heterocycles. The van der Waals surface area contributed by atoms with Gasteiger partial charge in [0.25, 0.3) is 0 Å². The molecule has 6 nitrogen and oxygen atoms in total. The zero-order valence-electron chi connectivity index (χ0n) is 19.4. The van der Waals surface area contributed by atoms with E-state index in [0.29, 0.717) is 17.4 Å². The summed E-state index contributed by atoms with van der Waals surface area (Å²) in [6.45, 7) is 3.98. The van der Waals surface area contributed by atoms with Gasteiger partial charge in [0.2, 0.25) is 0 Å². The Morgan fingerprint density at radius 2 is 1.97 bits per heavy atom. The molecule has 1 saturated heterocycles. The van der Waals surface area contributed by atoms with Crippen molar-refractivity contribution < 1.29 is 14.4 Å². The minimum absolute atomic E-state index is 0.345. The molecule has 2 aromatic carbocycles. The van der Waals surface area contributed by atoms with Crippen molar-refractivity contribution in [2.75, 3.05) is 18.0 Å². The predicted octanol–water partition coefficient (Wildman–Crippen LogP) is 5.87. The number of hydrogen-bond donors (Lipinski definition) is 1. The molecule has 1 aliphatic carbocycles. The lowest BCUT2D eigenvalue weighted by Gasteiger charge is -2.39. The SMILES string of the molecule is Cc1ccccc1-c1noc(C2CC2)c1/C=C/C1CN(c2ccc3c(C(=O)O)cn(C)c3c2)C1. The fraction of sp³-hybridized carbons (Fsp3) is 0.286. The summed E-state index contributed by atoms with van der Waals surface area (Å²) in [6, 6.07) is 14.4. The number of nitrogens with zero attached hydrogens (tertiary/aromatic N) is 3. The normalized spacial score (nSPS) is 16.5. The summed E-state index contributed by atoms with van der Waals surface area (Å²) < 4.78 is 7.71. The molecule has 6 heteroatoms. The standard InChI is InChI=1S/C28H27N3O3/c1-17-5-3-4-6-21(17)26-23(27(34-29-26)19-8-9-19)11-7-18-14-31(15-18)20-10-12-22-24(28(32)33)16-30(2)25(22)13-20/h3-7,10-13,16,18-19H,8-9,14-15H2,1-2H3,(H,32,33)/b11-7+. The fourth-order valence-electron chi connectivity index (χ4n) is 4.96. The maximum absolute atomic E-state index is 11.5. The summed E-state index contributed by atoms with van der Waals surface area (Å²) in [5, 5.41) is 14.7. The van der Waals surface area contributed by atoms with Gasteiger partial charge in [0.1, 0.15) is 11.5 Å². The minimum Gasteiger partial charge on any atom is -0.478 e. The largest absolute Gasteiger partial charge is 0.478 e. The van der Waals surface area contributed by atoms with E-state index in [-0.39, 0.29) is 0 Å². The third kappa shape index (κ3) is 3.50. The number of rotatable bonds is 6. The maximum Gasteiger partial charge on any atom is 0.337 e. The molecular formula is C28H27N3O3. The van der Waals surface area contributed by atoms with Crippen LogP contribution in [0.2, 0.25) is 0 Å². The van der Waals surface area contributed by atoms with Crippen LogP contribution in [-0.2, 0) is 7.05 Å². The molecule has 172 valence electrons. The third-order valence-electron chi connectivity index (χ3n) is 7.12. The zero-order valence-corrected chi connectivity index (χ0v) is 19.4. The summed E-state index contributed by atoms with van der Waals surface area (Å²) in [5.41, 5.74) is 6.81. The topological polar surface area (TPSA) is 71.5 Å². The molecule has 4 aromatic rings. The molecule has 0 bridgehead atoms. The van der Waals surface area contributed by atoms with E-state index in [1.165, 1.54) is 18.4 Å². The summed E-state index contributed by atoms with van der Waals surface area (Å²) in [7, 11) is 1.89. The molecular weight excluding hydrogens is 426 g/mol. The van der Waals surface area contributed by atoms with Crippen molar-refractivity contribution in [2.24, 2.45) is 13.0 Å². The Kier molecular flexibility index (Phi) is 4.83. The van der Waals surface area contributed by atoms with Crippen molar-refractivity contribution in [1.82, 2.24) is 9.72 Å². The van der Waals surface area contributed by atoms with Crippen LogP contribution in [0.25, 0.3) is 28.2 Å². The van der Waals surface area contributed by atoms with Crippen LogP contribution in [0.15, 0.2) is 59.3 Å². The maximum atomic E-state index is 11.5. The fourth-order valence-corrected chi connectivity index (χ4v) is 4.96. The summed E-state index contributed by atoms with van der Waals surface area (Å²) in [6.07, 6.45) is 8.53. The number of benzene rings is 2. The molecule has 0 radical (unpaired) electrons. The van der Waals surface area contributed by atoms with Gasteiger partial charge in [-0.25, -0.2) is 4.79 Å². The van der Waals surface area contributed by atoms with Crippen LogP contribution in [0.4, 0.5) is 5.69 Å². The smallest absolute Gasteiger partial charge is 0.337 e. The Labute approximate surface area is 198 Å². The van der Waals surface area contributed by atoms with Crippen molar-refractivity contribution in [3.05, 3.63) is 77.2 Å². The van der Waals surface area contributed by atoms with Crippen LogP contribution < -0.4 is 4.90 Å². The summed E-state index contributed by atoms with van der Waals surface area (Å²) in [5.74, 6) is 1.08. The lowest BCUT2D eigenvalue weighted by Crippen LogP contribution is -2.45. The Balaban J connectivity index is 1.22. The lowest BCUT2D eigenvalue weighted by atomic mass is 9.95. The molecule has 2 aliphatic rings. The van der Waals surface area contributed by atoms with Gasteiger partial charge in [-0.1, -0.05) is 41.6 Å². The van der Waals surface area contributed by atoms with Gasteiger partial charge in [0.15, 0.2) is 0 Å². The average molecular weight is 454 g/mol. The molecule has 34 heavy (non-hydrogen) atoms. The first-order chi connectivity index (χ1) is 16.5. The van der Waals surface area contributed by atoms with E-state index in [1.54, 1.807) is 6.20 Å². The van der Waals surface area contributed by atoms with Gasteiger partial charge < -0.3 is 19.1 Å². The van der Waals surface area contributed by atoms with Crippen LogP contribution >= 0.6 is 0 Å². The first-order valence-corrected chi connectivity index (χ1v) is 11.8. The quantitative estimate of drug-likeness (QED) is 0.395. The highest BCUT2D eigenvalue weighted by Crippen LogP contribution is 2.45. The molecule has 0 amide bonds. The number of carboxylic acid groups (broad SMARTS) is 1. The molecule has 0 unspecified atom stereocenters. The van der Waals surface area contributed by atoms with Crippen molar-refractivity contribution in [1.29, 1.82) is 0 Å². The first-order valence-electron chi connectivity index (χ1n) is 11.8. The molecule has 0 spiro atoms. The van der Waals surface area contributed by atoms with Crippen molar-refractivity contribution in [3.63, 3.8) is 0 Å². The number of aromatic carboxylic acids is 1. The number of carboxylic acids is 1. The average Bonchev–Trinajstić information content (AvgIpc) is 3.47. The molecule has 3 heterocycles. The van der Waals surface area contributed by atoms with E-state index < -0.39 is 5.97 Å². The number of aryl methyl sites for hydroxylation is 2. The molecule has 6 rings (SSSR count). The van der Waals surface area contributed by atoms with E-state index in [1.807, 2.05) is 29.8 Å². The van der Waals surface area contributed by atoms with E-state index in [4.69, 9.17) is 4.52 Å². The number of carbonyl (C=O) groups is 1. The van der Waals surface area contributed by atoms with Crippen molar-refractivity contribution in [2.45, 2.75) is 25.7 Å². The van der Waals surface area contributed by atoms with E-state index >= 15 is 0 Å². The molecule has 1 N–H and O–H groups in total. The van der Waals surface area contributed by atoms with Gasteiger partial charge in [-0.05, 0) is 43.5 Å². The highest BCUT2D eigenvalue weighted by molar-refractivity contribution is 6.04. The predicted molar refractivity (Wildman–Crippen MR) is 133 cm³/mol. The van der Waals surface area contributed by atoms with Crippen LogP contribution in [-0.4, -0.2) is 33.9 Å². The zero-order chi connectivity index (χ0) is 23.4. The van der Waals surface area contributed by atoms with Crippen LogP contribution in [0.5, 0.6) is 0 Å². The van der Waals surface area contributed by atoms with Gasteiger partial charge in [0.05, 0.1) is 11.1 Å². The highest BCUT2D eigenvalue weighted by Gasteiger charge is 2.32. The van der Waals surface area contributed by atoms with Gasteiger partial charge in [-0.2, -0.15) is 0 Å². The molecule has 0 atom stereocenters. The van der Waals surface area contributed by atoms with Crippen molar-refractivity contribution >= 4 is 28.6 Å². The Hall–Kier alpha value is -3.80. The highest BCUT2D eigenvalue weighted by atomic mass is 16.5. The van der Waals surface area contributed by atoms with E-state index in [0.717, 1.165) is 52.3 Å². The van der Waals surface area contributed by atoms with Gasteiger partial charge in [-0.3, -0.25) is 0 Å². The second-order valence-electron chi connectivity index (χ2n) is 9.58. The number of hydrogen-bond acceptors (Lipinski definition) is 4.